The van der Waals surface area contributed by atoms with Gasteiger partial charge in [-0.1, -0.05) is 19.4 Å². The molecule has 5 nitrogen and oxygen atoms in total. The van der Waals surface area contributed by atoms with Gasteiger partial charge in [-0.25, -0.2) is 4.52 Å². The average Bonchev–Trinajstić information content (AvgIpc) is 2.76. The topological polar surface area (TPSA) is 62.5 Å². The first-order valence-corrected chi connectivity index (χ1v) is 6.40. The van der Waals surface area contributed by atoms with E-state index in [2.05, 4.69) is 22.3 Å². The summed E-state index contributed by atoms with van der Waals surface area (Å²) in [6, 6.07) is 3.98. The highest BCUT2D eigenvalue weighted by molar-refractivity contribution is 5.44. The zero-order valence-corrected chi connectivity index (χ0v) is 10.9. The fourth-order valence-corrected chi connectivity index (χ4v) is 1.93. The molecular weight excluding hydrogens is 228 g/mol. The van der Waals surface area contributed by atoms with Gasteiger partial charge in [-0.05, 0) is 30.9 Å². The predicted molar refractivity (Wildman–Crippen MR) is 71.7 cm³/mol. The van der Waals surface area contributed by atoms with Crippen LogP contribution >= 0.6 is 0 Å². The number of hydrogen-bond acceptors (Lipinski definition) is 4. The van der Waals surface area contributed by atoms with Gasteiger partial charge in [-0.2, -0.15) is 4.98 Å². The molecule has 0 aliphatic carbocycles. The molecule has 0 bridgehead atoms. The molecule has 0 saturated carbocycles. The molecule has 2 aromatic rings. The molecule has 2 N–H and O–H groups in total. The van der Waals surface area contributed by atoms with Crippen LogP contribution in [0.2, 0.25) is 0 Å². The molecule has 18 heavy (non-hydrogen) atoms. The number of nitrogens with one attached hydrogen (secondary N) is 1. The second-order valence-electron chi connectivity index (χ2n) is 4.61. The Morgan fingerprint density at radius 3 is 3.00 bits per heavy atom. The third kappa shape index (κ3) is 2.98. The van der Waals surface area contributed by atoms with Crippen molar-refractivity contribution in [1.29, 1.82) is 0 Å². The summed E-state index contributed by atoms with van der Waals surface area (Å²) in [5.41, 5.74) is 2.00. The van der Waals surface area contributed by atoms with Crippen LogP contribution < -0.4 is 5.32 Å². The van der Waals surface area contributed by atoms with Gasteiger partial charge in [0.05, 0.1) is 0 Å². The number of fused-ring (bicyclic) bond motifs is 1. The molecule has 0 aliphatic heterocycles. The van der Waals surface area contributed by atoms with Crippen molar-refractivity contribution >= 4 is 11.6 Å². The van der Waals surface area contributed by atoms with Crippen molar-refractivity contribution < 1.29 is 5.11 Å². The van der Waals surface area contributed by atoms with Crippen LogP contribution in [0.3, 0.4) is 0 Å². The van der Waals surface area contributed by atoms with Crippen molar-refractivity contribution in [2.75, 3.05) is 18.5 Å². The second kappa shape index (κ2) is 5.82. The number of aromatic nitrogens is 3. The van der Waals surface area contributed by atoms with Crippen LogP contribution in [-0.4, -0.2) is 32.9 Å². The molecule has 0 fully saturated rings. The largest absolute Gasteiger partial charge is 0.396 e. The normalized spacial score (nSPS) is 12.8. The van der Waals surface area contributed by atoms with Crippen LogP contribution in [-0.2, 0) is 0 Å². The number of aliphatic hydroxyl groups excluding tert-OH is 1. The lowest BCUT2D eigenvalue weighted by Crippen LogP contribution is -2.15. The third-order valence-corrected chi connectivity index (χ3v) is 3.14. The van der Waals surface area contributed by atoms with E-state index in [-0.39, 0.29) is 6.61 Å². The molecule has 2 aromatic heterocycles. The summed E-state index contributed by atoms with van der Waals surface area (Å²) in [7, 11) is 0. The maximum atomic E-state index is 8.95. The maximum absolute atomic E-state index is 8.95. The van der Waals surface area contributed by atoms with Gasteiger partial charge in [0, 0.05) is 19.3 Å². The standard InChI is InChI=1S/C13H20N4O/c1-3-11(6-7-18)8-14-13-15-12-5-4-10(2)9-17(12)16-13/h4-5,9,11,18H,3,6-8H2,1-2H3,(H,14,16). The van der Waals surface area contributed by atoms with Crippen molar-refractivity contribution in [1.82, 2.24) is 14.6 Å². The summed E-state index contributed by atoms with van der Waals surface area (Å²) >= 11 is 0. The molecule has 2 rings (SSSR count). The van der Waals surface area contributed by atoms with Crippen LogP contribution in [0.1, 0.15) is 25.3 Å². The number of hydrogen-bond donors (Lipinski definition) is 2. The Hall–Kier alpha value is -1.62. The maximum Gasteiger partial charge on any atom is 0.243 e. The summed E-state index contributed by atoms with van der Waals surface area (Å²) < 4.78 is 1.78. The van der Waals surface area contributed by atoms with Gasteiger partial charge in [-0.15, -0.1) is 5.10 Å². The zero-order chi connectivity index (χ0) is 13.0. The lowest BCUT2D eigenvalue weighted by atomic mass is 10.0. The van der Waals surface area contributed by atoms with E-state index in [4.69, 9.17) is 5.11 Å². The number of aryl methyl sites for hydroxylation is 1. The van der Waals surface area contributed by atoms with Crippen molar-refractivity contribution in [2.24, 2.45) is 5.92 Å². The molecule has 1 unspecified atom stereocenters. The molecule has 2 heterocycles. The van der Waals surface area contributed by atoms with Crippen LogP contribution in [0, 0.1) is 12.8 Å². The highest BCUT2D eigenvalue weighted by Gasteiger charge is 2.08. The molecule has 98 valence electrons. The third-order valence-electron chi connectivity index (χ3n) is 3.14. The predicted octanol–water partition coefficient (Wildman–Crippen LogP) is 1.86. The van der Waals surface area contributed by atoms with Gasteiger partial charge < -0.3 is 10.4 Å². The van der Waals surface area contributed by atoms with E-state index in [9.17, 15) is 0 Å². The van der Waals surface area contributed by atoms with Gasteiger partial charge in [0.25, 0.3) is 0 Å². The van der Waals surface area contributed by atoms with E-state index in [1.807, 2.05) is 25.3 Å². The minimum absolute atomic E-state index is 0.234. The number of pyridine rings is 1. The number of aliphatic hydroxyl groups is 1. The highest BCUT2D eigenvalue weighted by Crippen LogP contribution is 2.11. The van der Waals surface area contributed by atoms with Crippen LogP contribution in [0.5, 0.6) is 0 Å². The van der Waals surface area contributed by atoms with E-state index in [1.165, 1.54) is 0 Å². The molecule has 5 heteroatoms. The fourth-order valence-electron chi connectivity index (χ4n) is 1.93. The monoisotopic (exact) mass is 248 g/mol. The van der Waals surface area contributed by atoms with Crippen molar-refractivity contribution in [3.8, 4) is 0 Å². The average molecular weight is 248 g/mol. The molecule has 1 atom stereocenters. The Kier molecular flexibility index (Phi) is 4.15. The van der Waals surface area contributed by atoms with Gasteiger partial charge in [0.2, 0.25) is 5.95 Å². The number of rotatable bonds is 6. The highest BCUT2D eigenvalue weighted by atomic mass is 16.3. The van der Waals surface area contributed by atoms with Gasteiger partial charge in [0.15, 0.2) is 5.65 Å². The Balaban J connectivity index is 2.03. The minimum Gasteiger partial charge on any atom is -0.396 e. The van der Waals surface area contributed by atoms with Gasteiger partial charge in [-0.3, -0.25) is 0 Å². The van der Waals surface area contributed by atoms with Crippen LogP contribution in [0.15, 0.2) is 18.3 Å². The molecule has 0 spiro atoms. The quantitative estimate of drug-likeness (QED) is 0.819. The Labute approximate surface area is 107 Å². The van der Waals surface area contributed by atoms with E-state index < -0.39 is 0 Å². The zero-order valence-electron chi connectivity index (χ0n) is 10.9. The fraction of sp³-hybridized carbons (Fsp3) is 0.538. The number of anilines is 1. The van der Waals surface area contributed by atoms with E-state index >= 15 is 0 Å². The Morgan fingerprint density at radius 1 is 1.44 bits per heavy atom. The van der Waals surface area contributed by atoms with Crippen molar-refractivity contribution in [3.05, 3.63) is 23.9 Å². The SMILES string of the molecule is CCC(CCO)CNc1nc2ccc(C)cn2n1. The summed E-state index contributed by atoms with van der Waals surface area (Å²) in [5, 5.41) is 16.6. The summed E-state index contributed by atoms with van der Waals surface area (Å²) in [6.07, 6.45) is 3.81. The van der Waals surface area contributed by atoms with Crippen LogP contribution in [0.25, 0.3) is 5.65 Å². The smallest absolute Gasteiger partial charge is 0.243 e. The first-order chi connectivity index (χ1) is 8.72. The molecule has 0 radical (unpaired) electrons. The first-order valence-electron chi connectivity index (χ1n) is 6.40. The van der Waals surface area contributed by atoms with Crippen molar-refractivity contribution in [3.63, 3.8) is 0 Å². The van der Waals surface area contributed by atoms with Gasteiger partial charge in [0.1, 0.15) is 0 Å². The second-order valence-corrected chi connectivity index (χ2v) is 4.61. The Bertz CT molecular complexity index is 509. The lowest BCUT2D eigenvalue weighted by molar-refractivity contribution is 0.258. The lowest BCUT2D eigenvalue weighted by Gasteiger charge is -2.12. The van der Waals surface area contributed by atoms with Gasteiger partial charge >= 0.3 is 0 Å². The number of nitrogens with zero attached hydrogens (tertiary/aromatic N) is 3. The van der Waals surface area contributed by atoms with E-state index in [0.717, 1.165) is 30.6 Å². The summed E-state index contributed by atoms with van der Waals surface area (Å²) in [6.45, 7) is 5.19. The molecular formula is C13H20N4O. The molecule has 0 amide bonds. The van der Waals surface area contributed by atoms with Crippen molar-refractivity contribution in [2.45, 2.75) is 26.7 Å². The molecule has 0 aliphatic rings. The molecule has 0 saturated heterocycles. The Morgan fingerprint density at radius 2 is 2.28 bits per heavy atom. The molecule has 0 aromatic carbocycles. The first kappa shape index (κ1) is 12.8. The van der Waals surface area contributed by atoms with E-state index in [0.29, 0.717) is 11.9 Å². The van der Waals surface area contributed by atoms with Crippen LogP contribution in [0.4, 0.5) is 5.95 Å². The van der Waals surface area contributed by atoms with E-state index in [1.54, 1.807) is 4.52 Å². The minimum atomic E-state index is 0.234. The summed E-state index contributed by atoms with van der Waals surface area (Å²) in [5.74, 6) is 1.11. The summed E-state index contributed by atoms with van der Waals surface area (Å²) in [4.78, 5) is 4.40.